The summed E-state index contributed by atoms with van der Waals surface area (Å²) in [5.74, 6) is 1.98. The van der Waals surface area contributed by atoms with Crippen LogP contribution in [0.25, 0.3) is 0 Å². The standard InChI is InChI=1S/C13H19ClO2/c1-9(10(2)14)7-11-5-6-12(15-3)13(8-11)16-4/h5-6,8-10H,7H2,1-4H3. The maximum absolute atomic E-state index is 6.05. The molecule has 3 heteroatoms. The molecule has 0 heterocycles. The van der Waals surface area contributed by atoms with Gasteiger partial charge in [0.1, 0.15) is 0 Å². The topological polar surface area (TPSA) is 18.5 Å². The smallest absolute Gasteiger partial charge is 0.160 e. The highest BCUT2D eigenvalue weighted by atomic mass is 35.5. The van der Waals surface area contributed by atoms with Gasteiger partial charge in [-0.2, -0.15) is 0 Å². The average Bonchev–Trinajstić information content (AvgIpc) is 2.28. The first-order valence-electron chi connectivity index (χ1n) is 5.43. The van der Waals surface area contributed by atoms with Gasteiger partial charge >= 0.3 is 0 Å². The monoisotopic (exact) mass is 242 g/mol. The zero-order valence-electron chi connectivity index (χ0n) is 10.3. The van der Waals surface area contributed by atoms with Crippen molar-refractivity contribution < 1.29 is 9.47 Å². The van der Waals surface area contributed by atoms with Crippen molar-refractivity contribution in [3.8, 4) is 11.5 Å². The predicted octanol–water partition coefficient (Wildman–Crippen LogP) is 3.51. The first kappa shape index (κ1) is 13.2. The van der Waals surface area contributed by atoms with Gasteiger partial charge in [0, 0.05) is 5.38 Å². The summed E-state index contributed by atoms with van der Waals surface area (Å²) in [4.78, 5) is 0. The van der Waals surface area contributed by atoms with Gasteiger partial charge in [0.2, 0.25) is 0 Å². The second-order valence-corrected chi connectivity index (χ2v) is 4.74. The number of benzene rings is 1. The second-order valence-electron chi connectivity index (χ2n) is 4.05. The molecule has 2 unspecified atom stereocenters. The van der Waals surface area contributed by atoms with Crippen LogP contribution in [0.2, 0.25) is 0 Å². The van der Waals surface area contributed by atoms with E-state index in [0.29, 0.717) is 5.92 Å². The lowest BCUT2D eigenvalue weighted by molar-refractivity contribution is 0.354. The van der Waals surface area contributed by atoms with Crippen LogP contribution in [0.3, 0.4) is 0 Å². The largest absolute Gasteiger partial charge is 0.493 e. The van der Waals surface area contributed by atoms with Gasteiger partial charge in [-0.3, -0.25) is 0 Å². The van der Waals surface area contributed by atoms with Crippen molar-refractivity contribution in [1.29, 1.82) is 0 Å². The van der Waals surface area contributed by atoms with Crippen molar-refractivity contribution in [2.75, 3.05) is 14.2 Å². The number of rotatable bonds is 5. The Kier molecular flexibility index (Phi) is 4.94. The Morgan fingerprint density at radius 2 is 1.75 bits per heavy atom. The van der Waals surface area contributed by atoms with E-state index in [0.717, 1.165) is 17.9 Å². The zero-order valence-corrected chi connectivity index (χ0v) is 11.0. The van der Waals surface area contributed by atoms with Crippen molar-refractivity contribution in [1.82, 2.24) is 0 Å². The normalized spacial score (nSPS) is 14.3. The van der Waals surface area contributed by atoms with E-state index in [-0.39, 0.29) is 5.38 Å². The van der Waals surface area contributed by atoms with Crippen LogP contribution in [0, 0.1) is 5.92 Å². The number of hydrogen-bond donors (Lipinski definition) is 0. The fourth-order valence-corrected chi connectivity index (χ4v) is 1.63. The SMILES string of the molecule is COc1ccc(CC(C)C(C)Cl)cc1OC. The van der Waals surface area contributed by atoms with Crippen molar-refractivity contribution in [2.24, 2.45) is 5.92 Å². The van der Waals surface area contributed by atoms with Crippen LogP contribution < -0.4 is 9.47 Å². The number of halogens is 1. The number of hydrogen-bond acceptors (Lipinski definition) is 2. The van der Waals surface area contributed by atoms with Crippen LogP contribution in [0.4, 0.5) is 0 Å². The fourth-order valence-electron chi connectivity index (χ4n) is 1.54. The first-order valence-corrected chi connectivity index (χ1v) is 5.87. The van der Waals surface area contributed by atoms with Gasteiger partial charge in [-0.25, -0.2) is 0 Å². The second kappa shape index (κ2) is 6.00. The summed E-state index contributed by atoms with van der Waals surface area (Å²) < 4.78 is 10.5. The molecule has 0 fully saturated rings. The number of ether oxygens (including phenoxy) is 2. The molecule has 90 valence electrons. The lowest BCUT2D eigenvalue weighted by atomic mass is 9.98. The molecule has 0 bridgehead atoms. The molecular weight excluding hydrogens is 224 g/mol. The van der Waals surface area contributed by atoms with Crippen molar-refractivity contribution in [3.63, 3.8) is 0 Å². The van der Waals surface area contributed by atoms with Gasteiger partial charge in [0.05, 0.1) is 14.2 Å². The van der Waals surface area contributed by atoms with Crippen LogP contribution in [0.15, 0.2) is 18.2 Å². The van der Waals surface area contributed by atoms with E-state index in [1.54, 1.807) is 14.2 Å². The van der Waals surface area contributed by atoms with E-state index in [1.165, 1.54) is 5.56 Å². The van der Waals surface area contributed by atoms with Crippen LogP contribution in [-0.2, 0) is 6.42 Å². The summed E-state index contributed by atoms with van der Waals surface area (Å²) in [6, 6.07) is 5.99. The van der Waals surface area contributed by atoms with Crippen LogP contribution >= 0.6 is 11.6 Å². The van der Waals surface area contributed by atoms with Crippen LogP contribution in [0.1, 0.15) is 19.4 Å². The molecule has 0 aromatic heterocycles. The predicted molar refractivity (Wildman–Crippen MR) is 67.7 cm³/mol. The van der Waals surface area contributed by atoms with Gasteiger partial charge in [-0.15, -0.1) is 11.6 Å². The summed E-state index contributed by atoms with van der Waals surface area (Å²) in [6.07, 6.45) is 0.949. The number of methoxy groups -OCH3 is 2. The molecule has 1 rings (SSSR count). The lowest BCUT2D eigenvalue weighted by Gasteiger charge is -2.15. The molecule has 0 N–H and O–H groups in total. The summed E-state index contributed by atoms with van der Waals surface area (Å²) in [5, 5.41) is 0.174. The van der Waals surface area contributed by atoms with Gasteiger partial charge in [0.15, 0.2) is 11.5 Å². The molecule has 0 aliphatic carbocycles. The summed E-state index contributed by atoms with van der Waals surface area (Å²) in [6.45, 7) is 4.17. The Balaban J connectivity index is 2.82. The Morgan fingerprint density at radius 1 is 1.12 bits per heavy atom. The Hall–Kier alpha value is -0.890. The van der Waals surface area contributed by atoms with Gasteiger partial charge in [-0.1, -0.05) is 13.0 Å². The third kappa shape index (κ3) is 3.31. The van der Waals surface area contributed by atoms with E-state index < -0.39 is 0 Å². The minimum atomic E-state index is 0.174. The highest BCUT2D eigenvalue weighted by molar-refractivity contribution is 6.20. The first-order chi connectivity index (χ1) is 7.58. The van der Waals surface area contributed by atoms with Crippen LogP contribution in [0.5, 0.6) is 11.5 Å². The van der Waals surface area contributed by atoms with Crippen molar-refractivity contribution in [3.05, 3.63) is 23.8 Å². The lowest BCUT2D eigenvalue weighted by Crippen LogP contribution is -2.10. The van der Waals surface area contributed by atoms with Crippen molar-refractivity contribution >= 4 is 11.6 Å². The average molecular weight is 243 g/mol. The maximum Gasteiger partial charge on any atom is 0.160 e. The molecule has 0 spiro atoms. The molecule has 0 saturated heterocycles. The summed E-state index contributed by atoms with van der Waals surface area (Å²) in [5.41, 5.74) is 1.22. The highest BCUT2D eigenvalue weighted by Gasteiger charge is 2.11. The molecule has 16 heavy (non-hydrogen) atoms. The summed E-state index contributed by atoms with van der Waals surface area (Å²) >= 11 is 6.05. The van der Waals surface area contributed by atoms with E-state index >= 15 is 0 Å². The Labute approximate surface area is 103 Å². The molecule has 0 aliphatic heterocycles. The van der Waals surface area contributed by atoms with E-state index in [9.17, 15) is 0 Å². The molecule has 0 radical (unpaired) electrons. The summed E-state index contributed by atoms with van der Waals surface area (Å²) in [7, 11) is 3.29. The molecule has 2 nitrogen and oxygen atoms in total. The third-order valence-electron chi connectivity index (χ3n) is 2.79. The van der Waals surface area contributed by atoms with Crippen LogP contribution in [-0.4, -0.2) is 19.6 Å². The fraction of sp³-hybridized carbons (Fsp3) is 0.538. The molecule has 0 aliphatic rings. The maximum atomic E-state index is 6.05. The Bertz CT molecular complexity index is 337. The van der Waals surface area contributed by atoms with Gasteiger partial charge in [0.25, 0.3) is 0 Å². The van der Waals surface area contributed by atoms with E-state index in [4.69, 9.17) is 21.1 Å². The number of alkyl halides is 1. The Morgan fingerprint density at radius 3 is 2.25 bits per heavy atom. The molecule has 2 atom stereocenters. The molecule has 0 amide bonds. The van der Waals surface area contributed by atoms with E-state index in [2.05, 4.69) is 13.0 Å². The van der Waals surface area contributed by atoms with E-state index in [1.807, 2.05) is 19.1 Å². The molecule has 1 aromatic carbocycles. The molecule has 0 saturated carbocycles. The van der Waals surface area contributed by atoms with Gasteiger partial charge < -0.3 is 9.47 Å². The van der Waals surface area contributed by atoms with Gasteiger partial charge in [-0.05, 0) is 37.0 Å². The molecular formula is C13H19ClO2. The quantitative estimate of drug-likeness (QED) is 0.736. The third-order valence-corrected chi connectivity index (χ3v) is 3.22. The zero-order chi connectivity index (χ0) is 12.1. The van der Waals surface area contributed by atoms with Crippen molar-refractivity contribution in [2.45, 2.75) is 25.6 Å². The molecule has 1 aromatic rings. The highest BCUT2D eigenvalue weighted by Crippen LogP contribution is 2.29. The minimum Gasteiger partial charge on any atom is -0.493 e. The minimum absolute atomic E-state index is 0.174.